The number of rotatable bonds is 2. The molecular formula is C12H15N5. The Bertz CT molecular complexity index is 546. The Morgan fingerprint density at radius 2 is 2.29 bits per heavy atom. The zero-order valence-electron chi connectivity index (χ0n) is 9.80. The molecule has 0 saturated carbocycles. The van der Waals surface area contributed by atoms with Crippen molar-refractivity contribution in [3.05, 3.63) is 35.7 Å². The van der Waals surface area contributed by atoms with E-state index in [1.165, 1.54) is 5.56 Å². The summed E-state index contributed by atoms with van der Waals surface area (Å²) in [4.78, 5) is 2.27. The molecule has 3 rings (SSSR count). The minimum atomic E-state index is 0.773. The molecule has 88 valence electrons. The van der Waals surface area contributed by atoms with Gasteiger partial charge in [-0.2, -0.15) is 0 Å². The van der Waals surface area contributed by atoms with E-state index in [0.717, 1.165) is 36.6 Å². The molecule has 1 aromatic heterocycles. The van der Waals surface area contributed by atoms with Crippen molar-refractivity contribution in [1.29, 1.82) is 0 Å². The van der Waals surface area contributed by atoms with Crippen LogP contribution in [0.4, 0.5) is 11.4 Å². The van der Waals surface area contributed by atoms with E-state index >= 15 is 0 Å². The number of fused-ring (bicyclic) bond motifs is 1. The van der Waals surface area contributed by atoms with E-state index in [1.54, 1.807) is 4.68 Å². The predicted octanol–water partition coefficient (Wildman–Crippen LogP) is 0.960. The zero-order chi connectivity index (χ0) is 11.8. The summed E-state index contributed by atoms with van der Waals surface area (Å²) in [5, 5.41) is 8.06. The maximum atomic E-state index is 6.04. The van der Waals surface area contributed by atoms with Gasteiger partial charge in [0.25, 0.3) is 0 Å². The number of para-hydroxylation sites is 1. The zero-order valence-corrected chi connectivity index (χ0v) is 9.80. The minimum absolute atomic E-state index is 0.773. The third-order valence-electron chi connectivity index (χ3n) is 3.12. The minimum Gasteiger partial charge on any atom is -0.397 e. The highest BCUT2D eigenvalue weighted by Crippen LogP contribution is 2.34. The van der Waals surface area contributed by atoms with Crippen LogP contribution in [0.3, 0.4) is 0 Å². The standard InChI is InChI=1S/C12H15N5/c1-16-7-10(14-15-16)8-17-6-5-9-3-2-4-11(13)12(9)17/h2-4,7H,5-6,8,13H2,1H3. The van der Waals surface area contributed by atoms with Crippen molar-refractivity contribution in [2.75, 3.05) is 17.2 Å². The Morgan fingerprint density at radius 3 is 3.06 bits per heavy atom. The molecule has 5 nitrogen and oxygen atoms in total. The molecule has 17 heavy (non-hydrogen) atoms. The lowest BCUT2D eigenvalue weighted by atomic mass is 10.1. The summed E-state index contributed by atoms with van der Waals surface area (Å²) in [5.74, 6) is 0. The van der Waals surface area contributed by atoms with E-state index in [2.05, 4.69) is 21.3 Å². The summed E-state index contributed by atoms with van der Waals surface area (Å²) in [7, 11) is 1.88. The fraction of sp³-hybridized carbons (Fsp3) is 0.333. The van der Waals surface area contributed by atoms with Crippen LogP contribution in [0.15, 0.2) is 24.4 Å². The molecule has 0 bridgehead atoms. The molecule has 1 aromatic carbocycles. The van der Waals surface area contributed by atoms with Crippen LogP contribution in [0, 0.1) is 0 Å². The van der Waals surface area contributed by atoms with Gasteiger partial charge in [0.1, 0.15) is 5.69 Å². The smallest absolute Gasteiger partial charge is 0.102 e. The first kappa shape index (κ1) is 10.1. The van der Waals surface area contributed by atoms with E-state index < -0.39 is 0 Å². The van der Waals surface area contributed by atoms with E-state index in [0.29, 0.717) is 0 Å². The summed E-state index contributed by atoms with van der Waals surface area (Å²) in [6, 6.07) is 6.11. The lowest BCUT2D eigenvalue weighted by Crippen LogP contribution is -2.20. The number of aromatic nitrogens is 3. The quantitative estimate of drug-likeness (QED) is 0.779. The maximum absolute atomic E-state index is 6.04. The fourth-order valence-corrected chi connectivity index (χ4v) is 2.39. The molecule has 0 aliphatic carbocycles. The van der Waals surface area contributed by atoms with Gasteiger partial charge in [-0.05, 0) is 18.1 Å². The maximum Gasteiger partial charge on any atom is 0.102 e. The Hall–Kier alpha value is -2.04. The summed E-state index contributed by atoms with van der Waals surface area (Å²) in [5.41, 5.74) is 10.4. The molecule has 0 atom stereocenters. The molecule has 2 aromatic rings. The molecule has 1 aliphatic rings. The Morgan fingerprint density at radius 1 is 1.41 bits per heavy atom. The molecule has 0 fully saturated rings. The highest BCUT2D eigenvalue weighted by molar-refractivity contribution is 5.74. The van der Waals surface area contributed by atoms with Gasteiger partial charge in [0.05, 0.1) is 17.9 Å². The van der Waals surface area contributed by atoms with Crippen molar-refractivity contribution in [1.82, 2.24) is 15.0 Å². The molecule has 5 heteroatoms. The van der Waals surface area contributed by atoms with Gasteiger partial charge >= 0.3 is 0 Å². The predicted molar refractivity (Wildman–Crippen MR) is 66.6 cm³/mol. The molecule has 0 radical (unpaired) electrons. The molecular weight excluding hydrogens is 214 g/mol. The number of aryl methyl sites for hydroxylation is 1. The molecule has 0 spiro atoms. The SMILES string of the molecule is Cn1cc(CN2CCc3cccc(N)c32)nn1. The second kappa shape index (κ2) is 3.76. The number of hydrogen-bond acceptors (Lipinski definition) is 4. The average molecular weight is 229 g/mol. The Labute approximate surface area is 99.8 Å². The van der Waals surface area contributed by atoms with Crippen molar-refractivity contribution in [3.8, 4) is 0 Å². The van der Waals surface area contributed by atoms with Gasteiger partial charge in [0.15, 0.2) is 0 Å². The molecule has 2 heterocycles. The van der Waals surface area contributed by atoms with Gasteiger partial charge < -0.3 is 10.6 Å². The van der Waals surface area contributed by atoms with Crippen molar-refractivity contribution < 1.29 is 0 Å². The highest BCUT2D eigenvalue weighted by Gasteiger charge is 2.21. The van der Waals surface area contributed by atoms with Crippen LogP contribution < -0.4 is 10.6 Å². The molecule has 0 amide bonds. The average Bonchev–Trinajstić information content (AvgIpc) is 2.88. The van der Waals surface area contributed by atoms with Crippen molar-refractivity contribution in [3.63, 3.8) is 0 Å². The number of benzene rings is 1. The van der Waals surface area contributed by atoms with Crippen LogP contribution in [0.5, 0.6) is 0 Å². The second-order valence-electron chi connectivity index (χ2n) is 4.41. The normalized spacial score (nSPS) is 14.1. The lowest BCUT2D eigenvalue weighted by molar-refractivity contribution is 0.712. The summed E-state index contributed by atoms with van der Waals surface area (Å²) in [6.45, 7) is 1.77. The van der Waals surface area contributed by atoms with Crippen LogP contribution >= 0.6 is 0 Å². The van der Waals surface area contributed by atoms with E-state index in [9.17, 15) is 0 Å². The van der Waals surface area contributed by atoms with Gasteiger partial charge in [-0.25, -0.2) is 0 Å². The first-order valence-corrected chi connectivity index (χ1v) is 5.71. The third kappa shape index (κ3) is 1.73. The van der Waals surface area contributed by atoms with Crippen LogP contribution in [0.25, 0.3) is 0 Å². The third-order valence-corrected chi connectivity index (χ3v) is 3.12. The van der Waals surface area contributed by atoms with Crippen LogP contribution in [-0.4, -0.2) is 21.5 Å². The van der Waals surface area contributed by atoms with Crippen molar-refractivity contribution in [2.24, 2.45) is 7.05 Å². The van der Waals surface area contributed by atoms with E-state index in [1.807, 2.05) is 25.4 Å². The lowest BCUT2D eigenvalue weighted by Gasteiger charge is -2.19. The highest BCUT2D eigenvalue weighted by atomic mass is 15.4. The van der Waals surface area contributed by atoms with Gasteiger partial charge in [-0.3, -0.25) is 4.68 Å². The first-order chi connectivity index (χ1) is 8.24. The summed E-state index contributed by atoms with van der Waals surface area (Å²) in [6.07, 6.45) is 3.00. The van der Waals surface area contributed by atoms with Gasteiger partial charge in [-0.15, -0.1) is 5.10 Å². The van der Waals surface area contributed by atoms with Gasteiger partial charge in [0.2, 0.25) is 0 Å². The summed E-state index contributed by atoms with van der Waals surface area (Å²) >= 11 is 0. The van der Waals surface area contributed by atoms with E-state index in [4.69, 9.17) is 5.73 Å². The first-order valence-electron chi connectivity index (χ1n) is 5.71. The second-order valence-corrected chi connectivity index (χ2v) is 4.41. The van der Waals surface area contributed by atoms with Gasteiger partial charge in [0, 0.05) is 19.8 Å². The van der Waals surface area contributed by atoms with Crippen molar-refractivity contribution in [2.45, 2.75) is 13.0 Å². The largest absolute Gasteiger partial charge is 0.397 e. The Kier molecular flexibility index (Phi) is 2.24. The molecule has 0 unspecified atom stereocenters. The topological polar surface area (TPSA) is 60.0 Å². The summed E-state index contributed by atoms with van der Waals surface area (Å²) < 4.78 is 1.72. The van der Waals surface area contributed by atoms with Gasteiger partial charge in [-0.1, -0.05) is 17.3 Å². The number of nitrogen functional groups attached to an aromatic ring is 1. The number of nitrogens with two attached hydrogens (primary N) is 1. The van der Waals surface area contributed by atoms with Crippen LogP contribution in [-0.2, 0) is 20.0 Å². The van der Waals surface area contributed by atoms with Crippen LogP contribution in [0.1, 0.15) is 11.3 Å². The molecule has 1 aliphatic heterocycles. The number of hydrogen-bond donors (Lipinski definition) is 1. The number of anilines is 2. The molecule has 0 saturated heterocycles. The number of nitrogens with zero attached hydrogens (tertiary/aromatic N) is 4. The monoisotopic (exact) mass is 229 g/mol. The molecule has 2 N–H and O–H groups in total. The van der Waals surface area contributed by atoms with Crippen molar-refractivity contribution >= 4 is 11.4 Å². The van der Waals surface area contributed by atoms with E-state index in [-0.39, 0.29) is 0 Å². The fourth-order valence-electron chi connectivity index (χ4n) is 2.39. The van der Waals surface area contributed by atoms with Crippen LogP contribution in [0.2, 0.25) is 0 Å². The Balaban J connectivity index is 1.89.